The molecule has 4 heteroatoms. The van der Waals surface area contributed by atoms with E-state index < -0.39 is 0 Å². The summed E-state index contributed by atoms with van der Waals surface area (Å²) in [7, 11) is 0. The van der Waals surface area contributed by atoms with Crippen LogP contribution >= 0.6 is 11.3 Å². The van der Waals surface area contributed by atoms with Gasteiger partial charge in [0.1, 0.15) is 5.82 Å². The van der Waals surface area contributed by atoms with Gasteiger partial charge < -0.3 is 11.1 Å². The molecular weight excluding hydrogens is 194 g/mol. The van der Waals surface area contributed by atoms with E-state index in [-0.39, 0.29) is 0 Å². The van der Waals surface area contributed by atoms with Crippen LogP contribution in [0.15, 0.2) is 35.8 Å². The molecule has 3 N–H and O–H groups in total. The lowest BCUT2D eigenvalue weighted by atomic mass is 10.3. The summed E-state index contributed by atoms with van der Waals surface area (Å²) in [4.78, 5) is 5.23. The maximum atomic E-state index is 5.56. The molecule has 0 radical (unpaired) electrons. The molecule has 0 spiro atoms. The lowest BCUT2D eigenvalue weighted by molar-refractivity contribution is 1.18. The number of nitrogens with one attached hydrogen (secondary N) is 1. The molecular formula is C10H11N3S. The van der Waals surface area contributed by atoms with Gasteiger partial charge in [-0.2, -0.15) is 0 Å². The largest absolute Gasteiger partial charge is 0.384 e. The first-order valence-electron chi connectivity index (χ1n) is 4.32. The standard InChI is InChI=1S/C10H11N3S/c11-10-6-8(3-4-12-10)13-7-9-2-1-5-14-9/h1-6H,7H2,(H3,11,12,13). The van der Waals surface area contributed by atoms with Gasteiger partial charge in [-0.3, -0.25) is 0 Å². The van der Waals surface area contributed by atoms with Gasteiger partial charge in [0.25, 0.3) is 0 Å². The van der Waals surface area contributed by atoms with Crippen LogP contribution in [0.25, 0.3) is 0 Å². The van der Waals surface area contributed by atoms with Gasteiger partial charge in [0.15, 0.2) is 0 Å². The van der Waals surface area contributed by atoms with Gasteiger partial charge in [-0.1, -0.05) is 6.07 Å². The summed E-state index contributed by atoms with van der Waals surface area (Å²) in [6.07, 6.45) is 1.70. The molecule has 0 fully saturated rings. The molecule has 0 aliphatic carbocycles. The molecule has 72 valence electrons. The number of pyridine rings is 1. The molecule has 0 aliphatic heterocycles. The van der Waals surface area contributed by atoms with Crippen LogP contribution in [0.4, 0.5) is 11.5 Å². The lowest BCUT2D eigenvalue weighted by Gasteiger charge is -2.04. The number of nitrogens with zero attached hydrogens (tertiary/aromatic N) is 1. The van der Waals surface area contributed by atoms with Gasteiger partial charge in [-0.15, -0.1) is 11.3 Å². The normalized spacial score (nSPS) is 10.0. The van der Waals surface area contributed by atoms with Gasteiger partial charge in [-0.25, -0.2) is 4.98 Å². The Morgan fingerprint density at radius 1 is 1.43 bits per heavy atom. The fraction of sp³-hybridized carbons (Fsp3) is 0.100. The predicted octanol–water partition coefficient (Wildman–Crippen LogP) is 2.34. The molecule has 0 aromatic carbocycles. The summed E-state index contributed by atoms with van der Waals surface area (Å²) >= 11 is 1.74. The average molecular weight is 205 g/mol. The van der Waals surface area contributed by atoms with Gasteiger partial charge in [-0.05, 0) is 17.5 Å². The predicted molar refractivity (Wildman–Crippen MR) is 60.3 cm³/mol. The average Bonchev–Trinajstić information content (AvgIpc) is 2.67. The number of hydrogen-bond acceptors (Lipinski definition) is 4. The highest BCUT2D eigenvalue weighted by atomic mass is 32.1. The summed E-state index contributed by atoms with van der Waals surface area (Å²) in [6.45, 7) is 0.834. The number of nitrogens with two attached hydrogens (primary N) is 1. The Hall–Kier alpha value is -1.55. The number of aromatic nitrogens is 1. The van der Waals surface area contributed by atoms with Crippen LogP contribution in [0.5, 0.6) is 0 Å². The third-order valence-electron chi connectivity index (χ3n) is 1.83. The summed E-state index contributed by atoms with van der Waals surface area (Å²) in [5, 5.41) is 5.35. The van der Waals surface area contributed by atoms with Crippen molar-refractivity contribution in [1.82, 2.24) is 4.98 Å². The molecule has 14 heavy (non-hydrogen) atoms. The molecule has 2 rings (SSSR count). The molecule has 0 saturated heterocycles. The molecule has 2 aromatic rings. The van der Waals surface area contributed by atoms with Gasteiger partial charge in [0, 0.05) is 29.4 Å². The zero-order valence-electron chi connectivity index (χ0n) is 7.60. The number of hydrogen-bond donors (Lipinski definition) is 2. The van der Waals surface area contributed by atoms with Crippen molar-refractivity contribution in [2.24, 2.45) is 0 Å². The first-order valence-corrected chi connectivity index (χ1v) is 5.20. The van der Waals surface area contributed by atoms with Crippen molar-refractivity contribution in [2.45, 2.75) is 6.54 Å². The number of nitrogen functional groups attached to an aromatic ring is 1. The van der Waals surface area contributed by atoms with E-state index in [0.717, 1.165) is 12.2 Å². The fourth-order valence-electron chi connectivity index (χ4n) is 1.16. The molecule has 0 saturated carbocycles. The molecule has 0 unspecified atom stereocenters. The Kier molecular flexibility index (Phi) is 2.65. The summed E-state index contributed by atoms with van der Waals surface area (Å²) in [6, 6.07) is 7.88. The highest BCUT2D eigenvalue weighted by molar-refractivity contribution is 7.09. The second-order valence-corrected chi connectivity index (χ2v) is 3.93. The molecule has 0 aliphatic rings. The highest BCUT2D eigenvalue weighted by Gasteiger charge is 1.95. The summed E-state index contributed by atoms with van der Waals surface area (Å²) in [5.74, 6) is 0.543. The van der Waals surface area contributed by atoms with Gasteiger partial charge in [0.05, 0.1) is 0 Å². The molecule has 0 bridgehead atoms. The van der Waals surface area contributed by atoms with Crippen LogP contribution in [0, 0.1) is 0 Å². The Morgan fingerprint density at radius 2 is 2.36 bits per heavy atom. The van der Waals surface area contributed by atoms with Gasteiger partial charge in [0.2, 0.25) is 0 Å². The van der Waals surface area contributed by atoms with E-state index in [1.165, 1.54) is 4.88 Å². The van der Waals surface area contributed by atoms with Crippen molar-refractivity contribution in [3.05, 3.63) is 40.7 Å². The molecule has 2 aromatic heterocycles. The monoisotopic (exact) mass is 205 g/mol. The second kappa shape index (κ2) is 4.11. The molecule has 3 nitrogen and oxygen atoms in total. The SMILES string of the molecule is Nc1cc(NCc2cccs2)ccn1. The van der Waals surface area contributed by atoms with Crippen LogP contribution in [0.3, 0.4) is 0 Å². The van der Waals surface area contributed by atoms with Crippen molar-refractivity contribution >= 4 is 22.8 Å². The lowest BCUT2D eigenvalue weighted by Crippen LogP contribution is -1.98. The maximum Gasteiger partial charge on any atom is 0.125 e. The van der Waals surface area contributed by atoms with Crippen LogP contribution in [0.1, 0.15) is 4.88 Å². The highest BCUT2D eigenvalue weighted by Crippen LogP contribution is 2.13. The quantitative estimate of drug-likeness (QED) is 0.808. The van der Waals surface area contributed by atoms with E-state index in [1.807, 2.05) is 18.2 Å². The minimum Gasteiger partial charge on any atom is -0.384 e. The summed E-state index contributed by atoms with van der Waals surface area (Å²) in [5.41, 5.74) is 6.56. The van der Waals surface area contributed by atoms with Crippen LogP contribution in [-0.2, 0) is 6.54 Å². The van der Waals surface area contributed by atoms with Crippen molar-refractivity contribution < 1.29 is 0 Å². The zero-order chi connectivity index (χ0) is 9.80. The molecule has 0 amide bonds. The van der Waals surface area contributed by atoms with E-state index in [4.69, 9.17) is 5.73 Å². The van der Waals surface area contributed by atoms with Crippen molar-refractivity contribution in [3.8, 4) is 0 Å². The summed E-state index contributed by atoms with van der Waals surface area (Å²) < 4.78 is 0. The second-order valence-electron chi connectivity index (χ2n) is 2.90. The van der Waals surface area contributed by atoms with Crippen LogP contribution in [-0.4, -0.2) is 4.98 Å². The van der Waals surface area contributed by atoms with Crippen molar-refractivity contribution in [1.29, 1.82) is 0 Å². The van der Waals surface area contributed by atoms with E-state index in [2.05, 4.69) is 21.7 Å². The Balaban J connectivity index is 1.98. The Morgan fingerprint density at radius 3 is 3.07 bits per heavy atom. The van der Waals surface area contributed by atoms with E-state index in [1.54, 1.807) is 17.5 Å². The first-order chi connectivity index (χ1) is 6.84. The maximum absolute atomic E-state index is 5.56. The van der Waals surface area contributed by atoms with Crippen LogP contribution < -0.4 is 11.1 Å². The minimum absolute atomic E-state index is 0.543. The fourth-order valence-corrected chi connectivity index (χ4v) is 1.81. The minimum atomic E-state index is 0.543. The Labute approximate surface area is 86.6 Å². The van der Waals surface area contributed by atoms with Crippen LogP contribution in [0.2, 0.25) is 0 Å². The van der Waals surface area contributed by atoms with Crippen molar-refractivity contribution in [2.75, 3.05) is 11.1 Å². The van der Waals surface area contributed by atoms with Crippen molar-refractivity contribution in [3.63, 3.8) is 0 Å². The van der Waals surface area contributed by atoms with Gasteiger partial charge >= 0.3 is 0 Å². The third kappa shape index (κ3) is 2.23. The molecule has 2 heterocycles. The first kappa shape index (κ1) is 9.02. The number of thiophene rings is 1. The molecule has 0 atom stereocenters. The Bertz CT molecular complexity index is 398. The number of anilines is 2. The van der Waals surface area contributed by atoms with E-state index in [0.29, 0.717) is 5.82 Å². The zero-order valence-corrected chi connectivity index (χ0v) is 8.42. The topological polar surface area (TPSA) is 50.9 Å². The third-order valence-corrected chi connectivity index (χ3v) is 2.70. The number of rotatable bonds is 3. The smallest absolute Gasteiger partial charge is 0.125 e. The van der Waals surface area contributed by atoms with E-state index in [9.17, 15) is 0 Å². The van der Waals surface area contributed by atoms with E-state index >= 15 is 0 Å².